The topological polar surface area (TPSA) is 23.6 Å². The van der Waals surface area contributed by atoms with E-state index in [1.807, 2.05) is 5.01 Å². The molecule has 0 atom stereocenters. The summed E-state index contributed by atoms with van der Waals surface area (Å²) in [4.78, 5) is 10.5. The fourth-order valence-corrected chi connectivity index (χ4v) is 1.08. The van der Waals surface area contributed by atoms with Gasteiger partial charge in [0.2, 0.25) is 6.41 Å². The molecule has 0 aromatic carbocycles. The minimum atomic E-state index is 0.825. The number of rotatable bonds is 6. The molecule has 66 valence electrons. The summed E-state index contributed by atoms with van der Waals surface area (Å²) in [7, 11) is 0. The number of carbonyl (C=O) groups is 1. The minimum absolute atomic E-state index is 0.825. The molecule has 3 heteroatoms. The number of carbonyl (C=O) groups excluding carboxylic acids is 1. The van der Waals surface area contributed by atoms with Crippen LogP contribution in [0, 0.1) is 0 Å². The Balaban J connectivity index is 3.86. The van der Waals surface area contributed by atoms with Gasteiger partial charge in [0.05, 0.1) is 0 Å². The average Bonchev–Trinajstić information content (AvgIpc) is 2.05. The molecule has 0 bridgehead atoms. The highest BCUT2D eigenvalue weighted by Gasteiger charge is 2.06. The summed E-state index contributed by atoms with van der Waals surface area (Å²) in [5.74, 6) is 0. The molecule has 0 unspecified atom stereocenters. The molecule has 0 spiro atoms. The van der Waals surface area contributed by atoms with Gasteiger partial charge in [0.15, 0.2) is 0 Å². The van der Waals surface area contributed by atoms with E-state index in [-0.39, 0.29) is 0 Å². The lowest BCUT2D eigenvalue weighted by molar-refractivity contribution is -0.133. The van der Waals surface area contributed by atoms with Gasteiger partial charge in [0, 0.05) is 19.6 Å². The number of nitrogens with zero attached hydrogens (tertiary/aromatic N) is 2. The summed E-state index contributed by atoms with van der Waals surface area (Å²) in [5.41, 5.74) is 0. The Hall–Kier alpha value is -0.570. The Bertz CT molecular complexity index is 102. The van der Waals surface area contributed by atoms with Crippen LogP contribution in [0.15, 0.2) is 0 Å². The Morgan fingerprint density at radius 3 is 2.00 bits per heavy atom. The van der Waals surface area contributed by atoms with Gasteiger partial charge in [-0.25, -0.2) is 5.01 Å². The first-order chi connectivity index (χ1) is 5.29. The van der Waals surface area contributed by atoms with E-state index in [0.717, 1.165) is 32.5 Å². The molecule has 0 fully saturated rings. The lowest BCUT2D eigenvalue weighted by atomic mass is 10.5. The van der Waals surface area contributed by atoms with Crippen LogP contribution in [0.25, 0.3) is 0 Å². The Kier molecular flexibility index (Phi) is 5.84. The van der Waals surface area contributed by atoms with Gasteiger partial charge in [-0.15, -0.1) is 0 Å². The molecule has 0 radical (unpaired) electrons. The van der Waals surface area contributed by atoms with Gasteiger partial charge in [-0.3, -0.25) is 9.80 Å². The monoisotopic (exact) mass is 158 g/mol. The Morgan fingerprint density at radius 1 is 1.18 bits per heavy atom. The van der Waals surface area contributed by atoms with Crippen molar-refractivity contribution in [3.63, 3.8) is 0 Å². The van der Waals surface area contributed by atoms with Crippen molar-refractivity contribution in [2.45, 2.75) is 27.2 Å². The standard InChI is InChI=1S/C8H18N2O/c1-4-7-10(8-11)9(5-2)6-3/h8H,4-7H2,1-3H3. The summed E-state index contributed by atoms with van der Waals surface area (Å²) in [6, 6.07) is 0. The van der Waals surface area contributed by atoms with Crippen LogP contribution in [-0.4, -0.2) is 36.1 Å². The maximum atomic E-state index is 10.5. The maximum absolute atomic E-state index is 10.5. The number of amides is 1. The Morgan fingerprint density at radius 2 is 1.73 bits per heavy atom. The summed E-state index contributed by atoms with van der Waals surface area (Å²) >= 11 is 0. The molecule has 1 amide bonds. The molecule has 3 nitrogen and oxygen atoms in total. The highest BCUT2D eigenvalue weighted by Crippen LogP contribution is 1.95. The third-order valence-electron chi connectivity index (χ3n) is 1.67. The van der Waals surface area contributed by atoms with Crippen LogP contribution in [0.3, 0.4) is 0 Å². The first kappa shape index (κ1) is 10.4. The zero-order chi connectivity index (χ0) is 8.69. The van der Waals surface area contributed by atoms with Crippen molar-refractivity contribution in [2.24, 2.45) is 0 Å². The number of hydrogen-bond acceptors (Lipinski definition) is 2. The van der Waals surface area contributed by atoms with Crippen molar-refractivity contribution >= 4 is 6.41 Å². The normalized spacial score (nSPS) is 10.2. The fourth-order valence-electron chi connectivity index (χ4n) is 1.08. The van der Waals surface area contributed by atoms with Crippen LogP contribution in [0.5, 0.6) is 0 Å². The van der Waals surface area contributed by atoms with Crippen LogP contribution in [0.2, 0.25) is 0 Å². The maximum Gasteiger partial charge on any atom is 0.224 e. The molecule has 0 aromatic rings. The van der Waals surface area contributed by atoms with Crippen molar-refractivity contribution in [1.29, 1.82) is 0 Å². The first-order valence-corrected chi connectivity index (χ1v) is 4.26. The Labute approximate surface area is 68.9 Å². The second-order valence-electron chi connectivity index (χ2n) is 2.41. The number of hydrogen-bond donors (Lipinski definition) is 0. The first-order valence-electron chi connectivity index (χ1n) is 4.26. The van der Waals surface area contributed by atoms with Crippen LogP contribution >= 0.6 is 0 Å². The average molecular weight is 158 g/mol. The van der Waals surface area contributed by atoms with Crippen molar-refractivity contribution < 1.29 is 4.79 Å². The highest BCUT2D eigenvalue weighted by atomic mass is 16.1. The summed E-state index contributed by atoms with van der Waals surface area (Å²) in [6.45, 7) is 8.79. The van der Waals surface area contributed by atoms with Crippen LogP contribution < -0.4 is 0 Å². The van der Waals surface area contributed by atoms with Gasteiger partial charge < -0.3 is 0 Å². The summed E-state index contributed by atoms with van der Waals surface area (Å²) < 4.78 is 0. The lowest BCUT2D eigenvalue weighted by Gasteiger charge is -2.29. The molecule has 0 saturated carbocycles. The van der Waals surface area contributed by atoms with Gasteiger partial charge in [0.1, 0.15) is 0 Å². The molecule has 0 heterocycles. The van der Waals surface area contributed by atoms with Crippen molar-refractivity contribution in [3.8, 4) is 0 Å². The molecule has 0 aliphatic carbocycles. The molecule has 0 saturated heterocycles. The lowest BCUT2D eigenvalue weighted by Crippen LogP contribution is -2.41. The van der Waals surface area contributed by atoms with Gasteiger partial charge in [0.25, 0.3) is 0 Å². The second kappa shape index (κ2) is 6.16. The van der Waals surface area contributed by atoms with Crippen LogP contribution in [0.4, 0.5) is 0 Å². The van der Waals surface area contributed by atoms with Crippen LogP contribution in [-0.2, 0) is 4.79 Å². The zero-order valence-corrected chi connectivity index (χ0v) is 7.71. The van der Waals surface area contributed by atoms with E-state index in [2.05, 4.69) is 20.8 Å². The van der Waals surface area contributed by atoms with E-state index in [9.17, 15) is 4.79 Å². The molecular formula is C8H18N2O. The fraction of sp³-hybridized carbons (Fsp3) is 0.875. The summed E-state index contributed by atoms with van der Waals surface area (Å²) in [5, 5.41) is 3.76. The van der Waals surface area contributed by atoms with E-state index in [4.69, 9.17) is 0 Å². The van der Waals surface area contributed by atoms with Crippen molar-refractivity contribution in [2.75, 3.05) is 19.6 Å². The zero-order valence-electron chi connectivity index (χ0n) is 7.71. The second-order valence-corrected chi connectivity index (χ2v) is 2.41. The smallest absolute Gasteiger partial charge is 0.224 e. The van der Waals surface area contributed by atoms with Crippen LogP contribution in [0.1, 0.15) is 27.2 Å². The highest BCUT2D eigenvalue weighted by molar-refractivity contribution is 5.45. The predicted molar refractivity (Wildman–Crippen MR) is 46.0 cm³/mol. The van der Waals surface area contributed by atoms with Crippen molar-refractivity contribution in [1.82, 2.24) is 10.0 Å². The minimum Gasteiger partial charge on any atom is -0.278 e. The van der Waals surface area contributed by atoms with Gasteiger partial charge in [-0.05, 0) is 6.42 Å². The quantitative estimate of drug-likeness (QED) is 0.427. The molecular weight excluding hydrogens is 140 g/mol. The molecule has 0 N–H and O–H groups in total. The SMILES string of the molecule is CCCN(C=O)N(CC)CC. The van der Waals surface area contributed by atoms with Gasteiger partial charge in [-0.1, -0.05) is 20.8 Å². The molecule has 0 aliphatic heterocycles. The van der Waals surface area contributed by atoms with E-state index in [0.29, 0.717) is 0 Å². The predicted octanol–water partition coefficient (Wildman–Crippen LogP) is 1.11. The van der Waals surface area contributed by atoms with Gasteiger partial charge in [-0.2, -0.15) is 0 Å². The van der Waals surface area contributed by atoms with E-state index in [1.165, 1.54) is 0 Å². The molecule has 11 heavy (non-hydrogen) atoms. The van der Waals surface area contributed by atoms with E-state index < -0.39 is 0 Å². The van der Waals surface area contributed by atoms with E-state index in [1.54, 1.807) is 5.01 Å². The van der Waals surface area contributed by atoms with Gasteiger partial charge >= 0.3 is 0 Å². The molecule has 0 rings (SSSR count). The summed E-state index contributed by atoms with van der Waals surface area (Å²) in [6.07, 6.45) is 1.91. The third-order valence-corrected chi connectivity index (χ3v) is 1.67. The largest absolute Gasteiger partial charge is 0.278 e. The molecule has 0 aromatic heterocycles. The molecule has 0 aliphatic rings. The van der Waals surface area contributed by atoms with Crippen molar-refractivity contribution in [3.05, 3.63) is 0 Å². The number of hydrazine groups is 1. The van der Waals surface area contributed by atoms with E-state index >= 15 is 0 Å². The third kappa shape index (κ3) is 3.37.